The third kappa shape index (κ3) is 4.22. The lowest BCUT2D eigenvalue weighted by Crippen LogP contribution is -2.36. The van der Waals surface area contributed by atoms with Crippen LogP contribution < -0.4 is 5.32 Å². The Bertz CT molecular complexity index is 335. The van der Waals surface area contributed by atoms with Gasteiger partial charge < -0.3 is 10.2 Å². The SMILES string of the molecule is CN(Cc1cnc(Cl)cn1)CC1CCCNC1. The van der Waals surface area contributed by atoms with Gasteiger partial charge in [0, 0.05) is 13.1 Å². The van der Waals surface area contributed by atoms with Gasteiger partial charge in [-0.25, -0.2) is 4.98 Å². The van der Waals surface area contributed by atoms with Gasteiger partial charge in [0.25, 0.3) is 0 Å². The number of rotatable bonds is 4. The van der Waals surface area contributed by atoms with E-state index < -0.39 is 0 Å². The molecule has 5 heteroatoms. The molecule has 1 unspecified atom stereocenters. The number of aromatic nitrogens is 2. The third-order valence-corrected chi connectivity index (χ3v) is 3.27. The van der Waals surface area contributed by atoms with Crippen LogP contribution in [0.15, 0.2) is 12.4 Å². The fourth-order valence-corrected chi connectivity index (χ4v) is 2.38. The van der Waals surface area contributed by atoms with Crippen LogP contribution in [-0.4, -0.2) is 41.5 Å². The van der Waals surface area contributed by atoms with Crippen LogP contribution in [0.25, 0.3) is 0 Å². The molecule has 0 aromatic carbocycles. The molecule has 0 spiro atoms. The Kier molecular flexibility index (Phi) is 4.71. The topological polar surface area (TPSA) is 41.1 Å². The Morgan fingerprint density at radius 2 is 2.35 bits per heavy atom. The largest absolute Gasteiger partial charge is 0.316 e. The molecule has 0 radical (unpaired) electrons. The maximum absolute atomic E-state index is 5.71. The molecule has 1 aliphatic heterocycles. The van der Waals surface area contributed by atoms with Gasteiger partial charge in [-0.2, -0.15) is 0 Å². The van der Waals surface area contributed by atoms with Gasteiger partial charge in [0.1, 0.15) is 5.15 Å². The molecule has 1 aliphatic rings. The smallest absolute Gasteiger partial charge is 0.147 e. The van der Waals surface area contributed by atoms with E-state index in [0.717, 1.165) is 31.2 Å². The van der Waals surface area contributed by atoms with Crippen LogP contribution in [0.3, 0.4) is 0 Å². The zero-order valence-corrected chi connectivity index (χ0v) is 11.0. The summed E-state index contributed by atoms with van der Waals surface area (Å²) in [6.45, 7) is 4.25. The van der Waals surface area contributed by atoms with Gasteiger partial charge in [0.2, 0.25) is 0 Å². The number of hydrogen-bond donors (Lipinski definition) is 1. The fourth-order valence-electron chi connectivity index (χ4n) is 2.28. The van der Waals surface area contributed by atoms with Crippen molar-refractivity contribution in [2.75, 3.05) is 26.7 Å². The average Bonchev–Trinajstić information content (AvgIpc) is 2.33. The van der Waals surface area contributed by atoms with E-state index >= 15 is 0 Å². The second kappa shape index (κ2) is 6.28. The first kappa shape index (κ1) is 12.7. The van der Waals surface area contributed by atoms with Crippen molar-refractivity contribution in [3.63, 3.8) is 0 Å². The van der Waals surface area contributed by atoms with Gasteiger partial charge in [-0.15, -0.1) is 0 Å². The zero-order chi connectivity index (χ0) is 12.1. The lowest BCUT2D eigenvalue weighted by atomic mass is 9.99. The van der Waals surface area contributed by atoms with E-state index in [9.17, 15) is 0 Å². The summed E-state index contributed by atoms with van der Waals surface area (Å²) < 4.78 is 0. The van der Waals surface area contributed by atoms with Crippen LogP contribution >= 0.6 is 11.6 Å². The number of nitrogens with zero attached hydrogens (tertiary/aromatic N) is 3. The van der Waals surface area contributed by atoms with Crippen molar-refractivity contribution in [1.82, 2.24) is 20.2 Å². The molecular formula is C12H19ClN4. The highest BCUT2D eigenvalue weighted by Gasteiger charge is 2.15. The predicted molar refractivity (Wildman–Crippen MR) is 69.0 cm³/mol. The van der Waals surface area contributed by atoms with Gasteiger partial charge in [0.15, 0.2) is 0 Å². The summed E-state index contributed by atoms with van der Waals surface area (Å²) in [4.78, 5) is 10.6. The molecule has 0 amide bonds. The number of piperidine rings is 1. The molecule has 1 N–H and O–H groups in total. The van der Waals surface area contributed by atoms with Crippen molar-refractivity contribution in [3.05, 3.63) is 23.2 Å². The lowest BCUT2D eigenvalue weighted by Gasteiger charge is -2.27. The van der Waals surface area contributed by atoms with Crippen molar-refractivity contribution in [1.29, 1.82) is 0 Å². The first-order valence-corrected chi connectivity index (χ1v) is 6.47. The quantitative estimate of drug-likeness (QED) is 0.886. The molecule has 2 rings (SSSR count). The minimum Gasteiger partial charge on any atom is -0.316 e. The molecular weight excluding hydrogens is 236 g/mol. The van der Waals surface area contributed by atoms with Gasteiger partial charge in [-0.3, -0.25) is 4.98 Å². The highest BCUT2D eigenvalue weighted by Crippen LogP contribution is 2.12. The van der Waals surface area contributed by atoms with E-state index in [2.05, 4.69) is 27.2 Å². The molecule has 1 saturated heterocycles. The summed E-state index contributed by atoms with van der Waals surface area (Å²) in [5.74, 6) is 0.758. The molecule has 94 valence electrons. The Morgan fingerprint density at radius 3 is 3.00 bits per heavy atom. The van der Waals surface area contributed by atoms with Gasteiger partial charge >= 0.3 is 0 Å². The highest BCUT2D eigenvalue weighted by atomic mass is 35.5. The van der Waals surface area contributed by atoms with Crippen LogP contribution in [0, 0.1) is 5.92 Å². The number of nitrogens with one attached hydrogen (secondary N) is 1. The molecule has 17 heavy (non-hydrogen) atoms. The maximum atomic E-state index is 5.71. The lowest BCUT2D eigenvalue weighted by molar-refractivity contribution is 0.235. The van der Waals surface area contributed by atoms with Gasteiger partial charge in [-0.05, 0) is 38.9 Å². The highest BCUT2D eigenvalue weighted by molar-refractivity contribution is 6.29. The molecule has 0 bridgehead atoms. The van der Waals surface area contributed by atoms with E-state index in [4.69, 9.17) is 11.6 Å². The van der Waals surface area contributed by atoms with Crippen LogP contribution in [0.5, 0.6) is 0 Å². The van der Waals surface area contributed by atoms with Crippen molar-refractivity contribution in [2.45, 2.75) is 19.4 Å². The summed E-state index contributed by atoms with van der Waals surface area (Å²) in [6.07, 6.45) is 5.97. The van der Waals surface area contributed by atoms with E-state index in [1.54, 1.807) is 12.4 Å². The van der Waals surface area contributed by atoms with Crippen LogP contribution in [-0.2, 0) is 6.54 Å². The summed E-state index contributed by atoms with van der Waals surface area (Å²) in [6, 6.07) is 0. The molecule has 1 aromatic rings. The number of halogens is 1. The van der Waals surface area contributed by atoms with E-state index in [1.165, 1.54) is 19.4 Å². The number of hydrogen-bond acceptors (Lipinski definition) is 4. The molecule has 0 aliphatic carbocycles. The van der Waals surface area contributed by atoms with Gasteiger partial charge in [-0.1, -0.05) is 11.6 Å². The van der Waals surface area contributed by atoms with E-state index in [0.29, 0.717) is 5.15 Å². The Balaban J connectivity index is 1.79. The zero-order valence-electron chi connectivity index (χ0n) is 10.2. The Labute approximate surface area is 107 Å². The maximum Gasteiger partial charge on any atom is 0.147 e. The standard InChI is InChI=1S/C12H19ClN4/c1-17(8-10-3-2-4-14-5-10)9-11-6-16-12(13)7-15-11/h6-7,10,14H,2-5,8-9H2,1H3. The van der Waals surface area contributed by atoms with Crippen LogP contribution in [0.4, 0.5) is 0 Å². The summed E-state index contributed by atoms with van der Waals surface area (Å²) in [7, 11) is 2.13. The average molecular weight is 255 g/mol. The van der Waals surface area contributed by atoms with Crippen molar-refractivity contribution >= 4 is 11.6 Å². The predicted octanol–water partition coefficient (Wildman–Crippen LogP) is 1.56. The monoisotopic (exact) mass is 254 g/mol. The second-order valence-corrected chi connectivity index (χ2v) is 5.13. The third-order valence-electron chi connectivity index (χ3n) is 3.07. The van der Waals surface area contributed by atoms with Crippen molar-refractivity contribution < 1.29 is 0 Å². The summed E-state index contributed by atoms with van der Waals surface area (Å²) in [5.41, 5.74) is 0.973. The molecule has 1 fully saturated rings. The fraction of sp³-hybridized carbons (Fsp3) is 0.667. The minimum atomic E-state index is 0.452. The molecule has 4 nitrogen and oxygen atoms in total. The Hall–Kier alpha value is -0.710. The molecule has 2 heterocycles. The molecule has 1 atom stereocenters. The van der Waals surface area contributed by atoms with E-state index in [1.807, 2.05) is 0 Å². The van der Waals surface area contributed by atoms with Crippen molar-refractivity contribution in [3.8, 4) is 0 Å². The summed E-state index contributed by atoms with van der Waals surface area (Å²) in [5, 5.41) is 3.89. The molecule has 1 aromatic heterocycles. The minimum absolute atomic E-state index is 0.452. The second-order valence-electron chi connectivity index (χ2n) is 4.74. The first-order chi connectivity index (χ1) is 8.24. The van der Waals surface area contributed by atoms with Crippen LogP contribution in [0.1, 0.15) is 18.5 Å². The molecule has 0 saturated carbocycles. The van der Waals surface area contributed by atoms with Crippen LogP contribution in [0.2, 0.25) is 5.15 Å². The first-order valence-electron chi connectivity index (χ1n) is 6.10. The normalized spacial score (nSPS) is 20.8. The van der Waals surface area contributed by atoms with Gasteiger partial charge in [0.05, 0.1) is 18.1 Å². The van der Waals surface area contributed by atoms with E-state index in [-0.39, 0.29) is 0 Å². The van der Waals surface area contributed by atoms with Crippen molar-refractivity contribution in [2.24, 2.45) is 5.92 Å². The Morgan fingerprint density at radius 1 is 1.47 bits per heavy atom. The summed E-state index contributed by atoms with van der Waals surface area (Å²) >= 11 is 5.71.